The Morgan fingerprint density at radius 2 is 1.73 bits per heavy atom. The number of amides is 1. The first-order chi connectivity index (χ1) is 10.4. The van der Waals surface area contributed by atoms with Crippen LogP contribution in [0.3, 0.4) is 0 Å². The van der Waals surface area contributed by atoms with Crippen LogP contribution in [0.25, 0.3) is 0 Å². The molecule has 22 heavy (non-hydrogen) atoms. The zero-order valence-electron chi connectivity index (χ0n) is 10.9. The fraction of sp³-hybridized carbons (Fsp3) is 0.0769. The number of aromatic nitrogens is 1. The number of nitrogens with one attached hydrogen (secondary N) is 1. The van der Waals surface area contributed by atoms with Crippen molar-refractivity contribution in [3.05, 3.63) is 52.2 Å². The second-order valence-corrected chi connectivity index (χ2v) is 4.42. The molecule has 1 N–H and O–H groups in total. The SMILES string of the molecule is COc1c(F)c(F)c(C(=O)Nc2ccc(Cl)cn2)c(F)c1F. The highest BCUT2D eigenvalue weighted by molar-refractivity contribution is 6.30. The lowest BCUT2D eigenvalue weighted by Gasteiger charge is -2.11. The highest BCUT2D eigenvalue weighted by atomic mass is 35.5. The van der Waals surface area contributed by atoms with Gasteiger partial charge in [0.2, 0.25) is 11.6 Å². The summed E-state index contributed by atoms with van der Waals surface area (Å²) in [6.45, 7) is 0. The molecule has 1 aromatic carbocycles. The summed E-state index contributed by atoms with van der Waals surface area (Å²) in [6, 6.07) is 2.60. The standard InChI is InChI=1S/C13H7ClF4N2O2/c1-22-12-10(17)8(15)7(9(16)11(12)18)13(21)20-6-3-2-5(14)4-19-6/h2-4H,1H3,(H,19,20,21). The Balaban J connectivity index is 2.44. The molecule has 0 saturated heterocycles. The number of nitrogens with zero attached hydrogens (tertiary/aromatic N) is 1. The third-order valence-electron chi connectivity index (χ3n) is 2.62. The Morgan fingerprint density at radius 1 is 1.14 bits per heavy atom. The van der Waals surface area contributed by atoms with E-state index < -0.39 is 40.5 Å². The van der Waals surface area contributed by atoms with E-state index in [1.54, 1.807) is 0 Å². The van der Waals surface area contributed by atoms with E-state index in [1.807, 2.05) is 5.32 Å². The van der Waals surface area contributed by atoms with E-state index in [4.69, 9.17) is 11.6 Å². The molecule has 4 nitrogen and oxygen atoms in total. The molecule has 1 amide bonds. The van der Waals surface area contributed by atoms with E-state index in [2.05, 4.69) is 9.72 Å². The van der Waals surface area contributed by atoms with E-state index in [-0.39, 0.29) is 10.8 Å². The average molecular weight is 335 g/mol. The number of halogens is 5. The zero-order chi connectivity index (χ0) is 16.4. The Kier molecular flexibility index (Phi) is 4.51. The molecule has 0 aliphatic carbocycles. The van der Waals surface area contributed by atoms with E-state index in [0.717, 1.165) is 7.11 Å². The topological polar surface area (TPSA) is 51.2 Å². The Morgan fingerprint density at radius 3 is 2.18 bits per heavy atom. The van der Waals surface area contributed by atoms with Crippen molar-refractivity contribution < 1.29 is 27.1 Å². The van der Waals surface area contributed by atoms with Crippen LogP contribution in [-0.4, -0.2) is 18.0 Å². The van der Waals surface area contributed by atoms with Crippen molar-refractivity contribution in [2.45, 2.75) is 0 Å². The third kappa shape index (κ3) is 2.82. The largest absolute Gasteiger partial charge is 0.491 e. The number of hydrogen-bond donors (Lipinski definition) is 1. The monoisotopic (exact) mass is 334 g/mol. The molecule has 0 spiro atoms. The van der Waals surface area contributed by atoms with Gasteiger partial charge in [-0.2, -0.15) is 8.78 Å². The molecule has 0 fully saturated rings. The second-order valence-electron chi connectivity index (χ2n) is 3.98. The molecule has 1 heterocycles. The predicted octanol–water partition coefficient (Wildman–Crippen LogP) is 3.55. The minimum absolute atomic E-state index is 0.107. The summed E-state index contributed by atoms with van der Waals surface area (Å²) in [6.07, 6.45) is 1.17. The molecule has 9 heteroatoms. The number of methoxy groups -OCH3 is 1. The van der Waals surface area contributed by atoms with Gasteiger partial charge >= 0.3 is 0 Å². The van der Waals surface area contributed by atoms with Crippen LogP contribution < -0.4 is 10.1 Å². The zero-order valence-corrected chi connectivity index (χ0v) is 11.6. The molecular weight excluding hydrogens is 328 g/mol. The molecule has 1 aromatic heterocycles. The van der Waals surface area contributed by atoms with Crippen LogP contribution in [0.15, 0.2) is 18.3 Å². The second kappa shape index (κ2) is 6.18. The first-order valence-electron chi connectivity index (χ1n) is 5.69. The van der Waals surface area contributed by atoms with Crippen LogP contribution in [0.5, 0.6) is 5.75 Å². The number of ether oxygens (including phenoxy) is 1. The molecule has 0 aliphatic heterocycles. The molecule has 0 radical (unpaired) electrons. The maximum atomic E-state index is 13.7. The van der Waals surface area contributed by atoms with Crippen LogP contribution in [0.1, 0.15) is 10.4 Å². The van der Waals surface area contributed by atoms with Gasteiger partial charge in [-0.05, 0) is 12.1 Å². The highest BCUT2D eigenvalue weighted by Crippen LogP contribution is 2.30. The van der Waals surface area contributed by atoms with Gasteiger partial charge in [0.15, 0.2) is 17.4 Å². The molecule has 0 atom stereocenters. The molecule has 0 unspecified atom stereocenters. The Labute approximate surface area is 126 Å². The first-order valence-corrected chi connectivity index (χ1v) is 6.07. The molecule has 2 aromatic rings. The minimum atomic E-state index is -1.87. The van der Waals surface area contributed by atoms with E-state index in [0.29, 0.717) is 0 Å². The number of carbonyl (C=O) groups is 1. The molecular formula is C13H7ClF4N2O2. The van der Waals surface area contributed by atoms with E-state index in [9.17, 15) is 22.4 Å². The lowest BCUT2D eigenvalue weighted by Crippen LogP contribution is -2.19. The number of rotatable bonds is 3. The van der Waals surface area contributed by atoms with Crippen molar-refractivity contribution >= 4 is 23.3 Å². The molecule has 0 saturated carbocycles. The number of carbonyl (C=O) groups excluding carboxylic acids is 1. The third-order valence-corrected chi connectivity index (χ3v) is 2.85. The fourth-order valence-electron chi connectivity index (χ4n) is 1.62. The van der Waals surface area contributed by atoms with Crippen molar-refractivity contribution in [2.75, 3.05) is 12.4 Å². The number of anilines is 1. The van der Waals surface area contributed by atoms with E-state index >= 15 is 0 Å². The molecule has 2 rings (SSSR count). The summed E-state index contributed by atoms with van der Waals surface area (Å²) in [5, 5.41) is 2.26. The van der Waals surface area contributed by atoms with Crippen molar-refractivity contribution in [1.82, 2.24) is 4.98 Å². The highest BCUT2D eigenvalue weighted by Gasteiger charge is 2.30. The van der Waals surface area contributed by atoms with Gasteiger partial charge in [-0.3, -0.25) is 4.79 Å². The lowest BCUT2D eigenvalue weighted by atomic mass is 10.1. The maximum absolute atomic E-state index is 13.7. The van der Waals surface area contributed by atoms with Gasteiger partial charge in [-0.1, -0.05) is 11.6 Å². The van der Waals surface area contributed by atoms with Gasteiger partial charge in [0.05, 0.1) is 12.1 Å². The smallest absolute Gasteiger partial charge is 0.263 e. The average Bonchev–Trinajstić information content (AvgIpc) is 2.48. The predicted molar refractivity (Wildman–Crippen MR) is 70.0 cm³/mol. The molecule has 0 bridgehead atoms. The summed E-state index contributed by atoms with van der Waals surface area (Å²) in [7, 11) is 0.831. The van der Waals surface area contributed by atoms with Crippen molar-refractivity contribution in [1.29, 1.82) is 0 Å². The van der Waals surface area contributed by atoms with Crippen LogP contribution in [0.4, 0.5) is 23.4 Å². The van der Waals surface area contributed by atoms with Gasteiger partial charge in [0.25, 0.3) is 5.91 Å². The minimum Gasteiger partial charge on any atom is -0.491 e. The fourth-order valence-corrected chi connectivity index (χ4v) is 1.73. The number of pyridine rings is 1. The van der Waals surface area contributed by atoms with Crippen molar-refractivity contribution in [3.63, 3.8) is 0 Å². The van der Waals surface area contributed by atoms with Crippen molar-refractivity contribution in [2.24, 2.45) is 0 Å². The van der Waals surface area contributed by atoms with Crippen LogP contribution in [0, 0.1) is 23.3 Å². The lowest BCUT2D eigenvalue weighted by molar-refractivity contribution is 0.101. The summed E-state index contributed by atoms with van der Waals surface area (Å²) < 4.78 is 58.8. The van der Waals surface area contributed by atoms with Gasteiger partial charge in [-0.15, -0.1) is 0 Å². The van der Waals surface area contributed by atoms with Crippen LogP contribution in [-0.2, 0) is 0 Å². The van der Waals surface area contributed by atoms with Gasteiger partial charge in [0.1, 0.15) is 11.4 Å². The summed E-state index contributed by atoms with van der Waals surface area (Å²) in [4.78, 5) is 15.5. The van der Waals surface area contributed by atoms with Gasteiger partial charge in [-0.25, -0.2) is 13.8 Å². The molecule has 0 aliphatic rings. The van der Waals surface area contributed by atoms with Gasteiger partial charge < -0.3 is 10.1 Å². The first kappa shape index (κ1) is 16.0. The Bertz CT molecular complexity index is 709. The van der Waals surface area contributed by atoms with Crippen LogP contribution >= 0.6 is 11.6 Å². The number of hydrogen-bond acceptors (Lipinski definition) is 3. The summed E-state index contributed by atoms with van der Waals surface area (Å²) in [5.41, 5.74) is -1.42. The quantitative estimate of drug-likeness (QED) is 0.690. The maximum Gasteiger partial charge on any atom is 0.263 e. The summed E-state index contributed by atoms with van der Waals surface area (Å²) in [5.74, 6) is -10.1. The van der Waals surface area contributed by atoms with Crippen LogP contribution in [0.2, 0.25) is 5.02 Å². The number of benzene rings is 1. The normalized spacial score (nSPS) is 10.5. The van der Waals surface area contributed by atoms with E-state index in [1.165, 1.54) is 18.3 Å². The molecule has 116 valence electrons. The van der Waals surface area contributed by atoms with Crippen molar-refractivity contribution in [3.8, 4) is 5.75 Å². The summed E-state index contributed by atoms with van der Waals surface area (Å²) >= 11 is 5.58. The van der Waals surface area contributed by atoms with Gasteiger partial charge in [0, 0.05) is 6.20 Å². The Hall–Kier alpha value is -2.35.